The monoisotopic (exact) mass is 274 g/mol. The highest BCUT2D eigenvalue weighted by atomic mass is 32.2. The van der Waals surface area contributed by atoms with Gasteiger partial charge in [0.05, 0.1) is 10.1 Å². The van der Waals surface area contributed by atoms with Crippen molar-refractivity contribution in [3.63, 3.8) is 0 Å². The molecule has 0 N–H and O–H groups in total. The van der Waals surface area contributed by atoms with Crippen molar-refractivity contribution in [3.8, 4) is 0 Å². The molecule has 1 atom stereocenters. The number of hydrogen-bond donors (Lipinski definition) is 0. The molecule has 1 aromatic rings. The summed E-state index contributed by atoms with van der Waals surface area (Å²) in [6.07, 6.45) is 1.41. The molecule has 0 radical (unpaired) electrons. The minimum atomic E-state index is -3.30. The van der Waals surface area contributed by atoms with Gasteiger partial charge in [-0.1, -0.05) is 13.8 Å². The first-order chi connectivity index (χ1) is 7.90. The number of aryl methyl sites for hydroxylation is 1. The zero-order chi connectivity index (χ0) is 13.1. The molecule has 0 spiro atoms. The van der Waals surface area contributed by atoms with Crippen molar-refractivity contribution >= 4 is 27.0 Å². The van der Waals surface area contributed by atoms with Gasteiger partial charge in [0.25, 0.3) is 0 Å². The number of sulfone groups is 1. The molecule has 5 heteroatoms. The molecule has 3 nitrogen and oxygen atoms in total. The number of carbonyl (C=O) groups excluding carboxylic acids is 1. The number of Topliss-reactive ketones (excluding diaryl/α,β-unsaturated/α-hetero) is 1. The molecule has 0 aliphatic heterocycles. The Bertz CT molecular complexity index is 486. The Labute approximate surface area is 107 Å². The Morgan fingerprint density at radius 3 is 2.47 bits per heavy atom. The molecule has 0 aromatic carbocycles. The van der Waals surface area contributed by atoms with Crippen LogP contribution >= 0.6 is 11.3 Å². The van der Waals surface area contributed by atoms with E-state index < -0.39 is 15.1 Å². The molecular weight excluding hydrogens is 256 g/mol. The molecule has 96 valence electrons. The van der Waals surface area contributed by atoms with Crippen molar-refractivity contribution in [1.82, 2.24) is 0 Å². The number of carbonyl (C=O) groups is 1. The highest BCUT2D eigenvalue weighted by Crippen LogP contribution is 2.19. The van der Waals surface area contributed by atoms with E-state index in [4.69, 9.17) is 0 Å². The first-order valence-corrected chi connectivity index (χ1v) is 8.27. The zero-order valence-electron chi connectivity index (χ0n) is 10.4. The van der Waals surface area contributed by atoms with Gasteiger partial charge in [0.15, 0.2) is 15.6 Å². The van der Waals surface area contributed by atoms with E-state index in [2.05, 4.69) is 0 Å². The van der Waals surface area contributed by atoms with E-state index in [1.165, 1.54) is 11.3 Å². The molecule has 0 bridgehead atoms. The molecule has 1 heterocycles. The van der Waals surface area contributed by atoms with E-state index in [9.17, 15) is 13.2 Å². The van der Waals surface area contributed by atoms with Gasteiger partial charge >= 0.3 is 0 Å². The van der Waals surface area contributed by atoms with Gasteiger partial charge in [-0.3, -0.25) is 4.79 Å². The summed E-state index contributed by atoms with van der Waals surface area (Å²) in [4.78, 5) is 13.5. The maximum Gasteiger partial charge on any atom is 0.187 e. The molecule has 17 heavy (non-hydrogen) atoms. The van der Waals surface area contributed by atoms with Crippen molar-refractivity contribution in [2.45, 2.75) is 38.9 Å². The summed E-state index contributed by atoms with van der Waals surface area (Å²) in [6.45, 7) is 5.47. The van der Waals surface area contributed by atoms with E-state index in [0.717, 1.165) is 11.3 Å². The van der Waals surface area contributed by atoms with Crippen LogP contribution in [0.25, 0.3) is 0 Å². The molecule has 0 saturated heterocycles. The average molecular weight is 274 g/mol. The van der Waals surface area contributed by atoms with Gasteiger partial charge in [-0.15, -0.1) is 11.3 Å². The first kappa shape index (κ1) is 14.4. The number of ketones is 1. The lowest BCUT2D eigenvalue weighted by Crippen LogP contribution is -2.24. The van der Waals surface area contributed by atoms with Crippen LogP contribution in [0.2, 0.25) is 0 Å². The van der Waals surface area contributed by atoms with Crippen molar-refractivity contribution in [3.05, 3.63) is 21.9 Å². The van der Waals surface area contributed by atoms with Crippen molar-refractivity contribution in [2.75, 3.05) is 5.75 Å². The summed E-state index contributed by atoms with van der Waals surface area (Å²) in [7, 11) is -3.30. The molecule has 0 saturated carbocycles. The summed E-state index contributed by atoms with van der Waals surface area (Å²) >= 11 is 1.39. The summed E-state index contributed by atoms with van der Waals surface area (Å²) in [5, 5.41) is -0.447. The van der Waals surface area contributed by atoms with Crippen LogP contribution in [0.3, 0.4) is 0 Å². The predicted octanol–water partition coefficient (Wildman–Crippen LogP) is 2.71. The standard InChI is InChI=1S/C12H18O3S2/c1-4-9(3)17(14,15)8-11(13)12-7-6-10(5-2)16-12/h6-7,9H,4-5,8H2,1-3H3. The lowest BCUT2D eigenvalue weighted by molar-refractivity contribution is 0.102. The smallest absolute Gasteiger partial charge is 0.187 e. The fourth-order valence-corrected chi connectivity index (χ4v) is 3.66. The fourth-order valence-electron chi connectivity index (χ4n) is 1.37. The summed E-state index contributed by atoms with van der Waals surface area (Å²) < 4.78 is 23.6. The quantitative estimate of drug-likeness (QED) is 0.749. The largest absolute Gasteiger partial charge is 0.292 e. The maximum atomic E-state index is 11.8. The minimum absolute atomic E-state index is 0.282. The third-order valence-electron chi connectivity index (χ3n) is 2.81. The number of rotatable bonds is 6. The van der Waals surface area contributed by atoms with Crippen LogP contribution in [0.1, 0.15) is 41.7 Å². The second-order valence-electron chi connectivity index (χ2n) is 4.07. The average Bonchev–Trinajstić information content (AvgIpc) is 2.75. The first-order valence-electron chi connectivity index (χ1n) is 5.74. The Hall–Kier alpha value is -0.680. The van der Waals surface area contributed by atoms with Crippen LogP contribution in [-0.4, -0.2) is 25.2 Å². The Morgan fingerprint density at radius 1 is 1.35 bits per heavy atom. The Morgan fingerprint density at radius 2 is 2.00 bits per heavy atom. The summed E-state index contributed by atoms with van der Waals surface area (Å²) in [5.41, 5.74) is 0. The lowest BCUT2D eigenvalue weighted by atomic mass is 10.3. The van der Waals surface area contributed by atoms with E-state index in [1.54, 1.807) is 13.0 Å². The second kappa shape index (κ2) is 5.78. The van der Waals surface area contributed by atoms with Crippen molar-refractivity contribution < 1.29 is 13.2 Å². The molecule has 1 rings (SSSR count). The molecule has 0 fully saturated rings. The topological polar surface area (TPSA) is 51.2 Å². The molecule has 1 unspecified atom stereocenters. The summed E-state index contributed by atoms with van der Waals surface area (Å²) in [5.74, 6) is -0.652. The van der Waals surface area contributed by atoms with Gasteiger partial charge in [0.1, 0.15) is 5.75 Å². The number of hydrogen-bond acceptors (Lipinski definition) is 4. The van der Waals surface area contributed by atoms with Crippen LogP contribution in [-0.2, 0) is 16.3 Å². The molecular formula is C12H18O3S2. The van der Waals surface area contributed by atoms with Gasteiger partial charge in [-0.05, 0) is 31.9 Å². The van der Waals surface area contributed by atoms with Gasteiger partial charge < -0.3 is 0 Å². The normalized spacial score (nSPS) is 13.6. The Kier molecular flexibility index (Phi) is 4.89. The van der Waals surface area contributed by atoms with E-state index in [1.807, 2.05) is 19.9 Å². The predicted molar refractivity (Wildman–Crippen MR) is 71.6 cm³/mol. The number of thiophene rings is 1. The van der Waals surface area contributed by atoms with Crippen LogP contribution < -0.4 is 0 Å². The molecule has 0 aliphatic rings. The van der Waals surface area contributed by atoms with Crippen LogP contribution in [0.5, 0.6) is 0 Å². The van der Waals surface area contributed by atoms with Crippen LogP contribution in [0.15, 0.2) is 12.1 Å². The SMILES string of the molecule is CCc1ccc(C(=O)CS(=O)(=O)C(C)CC)s1. The third-order valence-corrected chi connectivity index (χ3v) is 6.30. The van der Waals surface area contributed by atoms with E-state index in [0.29, 0.717) is 11.3 Å². The van der Waals surface area contributed by atoms with Gasteiger partial charge in [0.2, 0.25) is 0 Å². The molecule has 0 amide bonds. The molecule has 0 aliphatic carbocycles. The third kappa shape index (κ3) is 3.64. The summed E-state index contributed by atoms with van der Waals surface area (Å²) in [6, 6.07) is 3.60. The fraction of sp³-hybridized carbons (Fsp3) is 0.583. The molecule has 1 aromatic heterocycles. The van der Waals surface area contributed by atoms with E-state index >= 15 is 0 Å². The van der Waals surface area contributed by atoms with Crippen molar-refractivity contribution in [1.29, 1.82) is 0 Å². The van der Waals surface area contributed by atoms with Crippen molar-refractivity contribution in [2.24, 2.45) is 0 Å². The minimum Gasteiger partial charge on any atom is -0.292 e. The maximum absolute atomic E-state index is 11.8. The Balaban J connectivity index is 2.79. The van der Waals surface area contributed by atoms with E-state index in [-0.39, 0.29) is 11.5 Å². The van der Waals surface area contributed by atoms with Gasteiger partial charge in [-0.25, -0.2) is 8.42 Å². The van der Waals surface area contributed by atoms with Gasteiger partial charge in [-0.2, -0.15) is 0 Å². The van der Waals surface area contributed by atoms with Gasteiger partial charge in [0, 0.05) is 4.88 Å². The highest BCUT2D eigenvalue weighted by molar-refractivity contribution is 7.92. The highest BCUT2D eigenvalue weighted by Gasteiger charge is 2.24. The zero-order valence-corrected chi connectivity index (χ0v) is 12.0. The lowest BCUT2D eigenvalue weighted by Gasteiger charge is -2.08. The van der Waals surface area contributed by atoms with Crippen LogP contribution in [0, 0.1) is 0 Å². The second-order valence-corrected chi connectivity index (χ2v) is 7.66. The van der Waals surface area contributed by atoms with Crippen LogP contribution in [0.4, 0.5) is 0 Å².